The van der Waals surface area contributed by atoms with Crippen molar-refractivity contribution in [2.24, 2.45) is 5.92 Å². The molecule has 13 heavy (non-hydrogen) atoms. The summed E-state index contributed by atoms with van der Waals surface area (Å²) in [4.78, 5) is 1.40. The molecule has 0 aromatic heterocycles. The van der Waals surface area contributed by atoms with Gasteiger partial charge in [0.15, 0.2) is 0 Å². The summed E-state index contributed by atoms with van der Waals surface area (Å²) in [6.07, 6.45) is 1.35. The summed E-state index contributed by atoms with van der Waals surface area (Å²) in [5.74, 6) is 2.14. The molecule has 1 nitrogen and oxygen atoms in total. The van der Waals surface area contributed by atoms with Gasteiger partial charge in [-0.25, -0.2) is 0 Å². The van der Waals surface area contributed by atoms with Gasteiger partial charge in [-0.2, -0.15) is 0 Å². The van der Waals surface area contributed by atoms with E-state index in [9.17, 15) is 0 Å². The zero-order valence-electron chi connectivity index (χ0n) is 7.70. The SMILES string of the molecule is c1ccc(SC[C@H]2CCNC2)cc1. The van der Waals surface area contributed by atoms with Crippen LogP contribution in [0.15, 0.2) is 35.2 Å². The van der Waals surface area contributed by atoms with Gasteiger partial charge in [-0.3, -0.25) is 0 Å². The largest absolute Gasteiger partial charge is 0.316 e. The minimum absolute atomic E-state index is 0.880. The van der Waals surface area contributed by atoms with Gasteiger partial charge < -0.3 is 5.32 Å². The lowest BCUT2D eigenvalue weighted by Crippen LogP contribution is -2.10. The average Bonchev–Trinajstić information content (AvgIpc) is 2.69. The summed E-state index contributed by atoms with van der Waals surface area (Å²) < 4.78 is 0. The Hall–Kier alpha value is -0.470. The maximum absolute atomic E-state index is 3.40. The molecule has 1 saturated heterocycles. The molecule has 1 aromatic carbocycles. The summed E-state index contributed by atoms with van der Waals surface area (Å²) in [5, 5.41) is 3.40. The van der Waals surface area contributed by atoms with Crippen LogP contribution in [0.1, 0.15) is 6.42 Å². The van der Waals surface area contributed by atoms with E-state index in [4.69, 9.17) is 0 Å². The fraction of sp³-hybridized carbons (Fsp3) is 0.455. The van der Waals surface area contributed by atoms with Crippen LogP contribution < -0.4 is 5.32 Å². The Morgan fingerprint density at radius 2 is 2.15 bits per heavy atom. The van der Waals surface area contributed by atoms with Crippen molar-refractivity contribution in [1.82, 2.24) is 5.32 Å². The van der Waals surface area contributed by atoms with Crippen LogP contribution in [-0.2, 0) is 0 Å². The molecule has 2 heteroatoms. The Bertz CT molecular complexity index is 242. The zero-order chi connectivity index (χ0) is 8.93. The number of benzene rings is 1. The Balaban J connectivity index is 1.79. The number of hydrogen-bond acceptors (Lipinski definition) is 2. The lowest BCUT2D eigenvalue weighted by atomic mass is 10.2. The smallest absolute Gasteiger partial charge is 0.00720 e. The Morgan fingerprint density at radius 3 is 2.85 bits per heavy atom. The van der Waals surface area contributed by atoms with Crippen molar-refractivity contribution in [3.63, 3.8) is 0 Å². The van der Waals surface area contributed by atoms with Crippen molar-refractivity contribution in [3.8, 4) is 0 Å². The highest BCUT2D eigenvalue weighted by Crippen LogP contribution is 2.22. The van der Waals surface area contributed by atoms with Crippen molar-refractivity contribution < 1.29 is 0 Å². The Kier molecular flexibility index (Phi) is 3.27. The molecule has 1 aromatic rings. The molecule has 1 N–H and O–H groups in total. The normalized spacial score (nSPS) is 22.0. The third-order valence-corrected chi connectivity index (χ3v) is 3.63. The summed E-state index contributed by atoms with van der Waals surface area (Å²) >= 11 is 1.98. The van der Waals surface area contributed by atoms with Gasteiger partial charge in [0, 0.05) is 10.6 Å². The second-order valence-corrected chi connectivity index (χ2v) is 4.58. The topological polar surface area (TPSA) is 12.0 Å². The van der Waals surface area contributed by atoms with Gasteiger partial charge in [-0.15, -0.1) is 11.8 Å². The third kappa shape index (κ3) is 2.75. The molecule has 0 bridgehead atoms. The second-order valence-electron chi connectivity index (χ2n) is 3.48. The first-order valence-corrected chi connectivity index (χ1v) is 5.82. The summed E-state index contributed by atoms with van der Waals surface area (Å²) in [6, 6.07) is 10.7. The van der Waals surface area contributed by atoms with Crippen molar-refractivity contribution >= 4 is 11.8 Å². The van der Waals surface area contributed by atoms with E-state index in [0.717, 1.165) is 5.92 Å². The van der Waals surface area contributed by atoms with E-state index in [1.54, 1.807) is 0 Å². The van der Waals surface area contributed by atoms with Gasteiger partial charge in [-0.05, 0) is 37.6 Å². The van der Waals surface area contributed by atoms with Crippen LogP contribution in [0, 0.1) is 5.92 Å². The first-order valence-electron chi connectivity index (χ1n) is 4.84. The van der Waals surface area contributed by atoms with E-state index < -0.39 is 0 Å². The van der Waals surface area contributed by atoms with Gasteiger partial charge in [0.2, 0.25) is 0 Å². The van der Waals surface area contributed by atoms with E-state index in [1.807, 2.05) is 11.8 Å². The Morgan fingerprint density at radius 1 is 1.31 bits per heavy atom. The van der Waals surface area contributed by atoms with Crippen molar-refractivity contribution in [2.45, 2.75) is 11.3 Å². The molecule has 0 saturated carbocycles. The van der Waals surface area contributed by atoms with Gasteiger partial charge in [0.1, 0.15) is 0 Å². The maximum atomic E-state index is 3.40. The first-order chi connectivity index (χ1) is 6.45. The van der Waals surface area contributed by atoms with Crippen LogP contribution in [0.4, 0.5) is 0 Å². The van der Waals surface area contributed by atoms with Crippen LogP contribution in [0.2, 0.25) is 0 Å². The molecule has 0 aliphatic carbocycles. The van der Waals surface area contributed by atoms with Crippen molar-refractivity contribution in [1.29, 1.82) is 0 Å². The lowest BCUT2D eigenvalue weighted by Gasteiger charge is -2.06. The summed E-state index contributed by atoms with van der Waals surface area (Å²) in [5.41, 5.74) is 0. The second kappa shape index (κ2) is 4.68. The average molecular weight is 193 g/mol. The van der Waals surface area contributed by atoms with E-state index in [-0.39, 0.29) is 0 Å². The number of hydrogen-bond donors (Lipinski definition) is 1. The van der Waals surface area contributed by atoms with E-state index in [2.05, 4.69) is 35.6 Å². The van der Waals surface area contributed by atoms with Crippen LogP contribution in [0.25, 0.3) is 0 Å². The fourth-order valence-electron chi connectivity index (χ4n) is 1.59. The molecule has 1 aliphatic heterocycles. The number of thioether (sulfide) groups is 1. The maximum Gasteiger partial charge on any atom is 0.00720 e. The minimum Gasteiger partial charge on any atom is -0.316 e. The van der Waals surface area contributed by atoms with E-state index >= 15 is 0 Å². The van der Waals surface area contributed by atoms with Gasteiger partial charge in [0.05, 0.1) is 0 Å². The predicted octanol–water partition coefficient (Wildman–Crippen LogP) is 2.39. The highest BCUT2D eigenvalue weighted by molar-refractivity contribution is 7.99. The molecular formula is C11H15NS. The van der Waals surface area contributed by atoms with Crippen LogP contribution >= 0.6 is 11.8 Å². The van der Waals surface area contributed by atoms with Gasteiger partial charge in [-0.1, -0.05) is 18.2 Å². The number of nitrogens with one attached hydrogen (secondary N) is 1. The molecule has 0 radical (unpaired) electrons. The lowest BCUT2D eigenvalue weighted by molar-refractivity contribution is 0.663. The third-order valence-electron chi connectivity index (χ3n) is 2.39. The Labute approximate surface area is 83.9 Å². The summed E-state index contributed by atoms with van der Waals surface area (Å²) in [7, 11) is 0. The van der Waals surface area contributed by atoms with Crippen LogP contribution in [0.5, 0.6) is 0 Å². The molecular weight excluding hydrogens is 178 g/mol. The van der Waals surface area contributed by atoms with Crippen LogP contribution in [-0.4, -0.2) is 18.8 Å². The molecule has 1 aliphatic rings. The van der Waals surface area contributed by atoms with Crippen molar-refractivity contribution in [3.05, 3.63) is 30.3 Å². The first kappa shape index (κ1) is 9.10. The molecule has 1 heterocycles. The molecule has 0 amide bonds. The summed E-state index contributed by atoms with van der Waals surface area (Å²) in [6.45, 7) is 2.42. The van der Waals surface area contributed by atoms with Gasteiger partial charge >= 0.3 is 0 Å². The quantitative estimate of drug-likeness (QED) is 0.740. The highest BCUT2D eigenvalue weighted by Gasteiger charge is 2.13. The molecule has 70 valence electrons. The fourth-order valence-corrected chi connectivity index (χ4v) is 2.65. The molecule has 0 unspecified atom stereocenters. The molecule has 1 fully saturated rings. The standard InChI is InChI=1S/C11H15NS/c1-2-4-11(5-3-1)13-9-10-6-7-12-8-10/h1-5,10,12H,6-9H2/t10-/m0/s1. The van der Waals surface area contributed by atoms with Crippen LogP contribution in [0.3, 0.4) is 0 Å². The van der Waals surface area contributed by atoms with E-state index in [0.29, 0.717) is 0 Å². The van der Waals surface area contributed by atoms with Gasteiger partial charge in [0.25, 0.3) is 0 Å². The molecule has 2 rings (SSSR count). The van der Waals surface area contributed by atoms with E-state index in [1.165, 1.54) is 30.2 Å². The highest BCUT2D eigenvalue weighted by atomic mass is 32.2. The monoisotopic (exact) mass is 193 g/mol. The zero-order valence-corrected chi connectivity index (χ0v) is 8.52. The van der Waals surface area contributed by atoms with Crippen molar-refractivity contribution in [2.75, 3.05) is 18.8 Å². The number of rotatable bonds is 3. The predicted molar refractivity (Wildman–Crippen MR) is 58.1 cm³/mol. The molecule has 1 atom stereocenters. The molecule has 0 spiro atoms. The minimum atomic E-state index is 0.880.